The van der Waals surface area contributed by atoms with Gasteiger partial charge in [-0.3, -0.25) is 4.79 Å². The Balaban J connectivity index is 1.72. The largest absolute Gasteiger partial charge is 0.462 e. The molecule has 1 aliphatic rings. The molecule has 6 nitrogen and oxygen atoms in total. The van der Waals surface area contributed by atoms with Crippen LogP contribution < -0.4 is 10.2 Å². The molecule has 2 N–H and O–H groups in total. The van der Waals surface area contributed by atoms with Crippen molar-refractivity contribution >= 4 is 28.2 Å². The van der Waals surface area contributed by atoms with Crippen molar-refractivity contribution in [1.29, 1.82) is 0 Å². The second-order valence-electron chi connectivity index (χ2n) is 7.08. The minimum atomic E-state index is -0.371. The molecule has 2 aromatic heterocycles. The van der Waals surface area contributed by atoms with Gasteiger partial charge >= 0.3 is 5.97 Å². The molecular weight excluding hydrogens is 362 g/mol. The van der Waals surface area contributed by atoms with E-state index in [0.717, 1.165) is 29.8 Å². The van der Waals surface area contributed by atoms with Gasteiger partial charge in [0, 0.05) is 31.0 Å². The normalized spacial score (nSPS) is 19.3. The predicted octanol–water partition coefficient (Wildman–Crippen LogP) is 2.24. The van der Waals surface area contributed by atoms with Crippen LogP contribution in [0.2, 0.25) is 0 Å². The number of aryl methyl sites for hydroxylation is 2. The number of thiophene rings is 1. The Kier molecular flexibility index (Phi) is 6.01. The molecular formula is C20H28N3O3S+. The Morgan fingerprint density at radius 3 is 2.85 bits per heavy atom. The van der Waals surface area contributed by atoms with Crippen molar-refractivity contribution in [2.24, 2.45) is 7.05 Å². The molecule has 1 fully saturated rings. The number of aromatic nitrogens is 1. The minimum absolute atomic E-state index is 0.0575. The quantitative estimate of drug-likeness (QED) is 0.744. The van der Waals surface area contributed by atoms with Gasteiger partial charge < -0.3 is 19.5 Å². The maximum atomic E-state index is 12.7. The fourth-order valence-electron chi connectivity index (χ4n) is 3.86. The summed E-state index contributed by atoms with van der Waals surface area (Å²) in [6, 6.07) is 4.53. The van der Waals surface area contributed by atoms with Gasteiger partial charge in [0.1, 0.15) is 11.0 Å². The van der Waals surface area contributed by atoms with Crippen molar-refractivity contribution in [2.75, 3.05) is 25.0 Å². The van der Waals surface area contributed by atoms with E-state index >= 15 is 0 Å². The van der Waals surface area contributed by atoms with E-state index in [1.54, 1.807) is 6.92 Å². The third-order valence-corrected chi connectivity index (χ3v) is 6.45. The number of nitrogens with zero attached hydrogens (tertiary/aromatic N) is 1. The van der Waals surface area contributed by atoms with Gasteiger partial charge in [-0.05, 0) is 38.5 Å². The van der Waals surface area contributed by atoms with Crippen LogP contribution in [0.15, 0.2) is 18.3 Å². The lowest BCUT2D eigenvalue weighted by Crippen LogP contribution is -3.11. The van der Waals surface area contributed by atoms with Gasteiger partial charge in [0.15, 0.2) is 6.54 Å². The summed E-state index contributed by atoms with van der Waals surface area (Å²) in [5.74, 6) is -0.428. The highest BCUT2D eigenvalue weighted by molar-refractivity contribution is 7.16. The molecule has 146 valence electrons. The fourth-order valence-corrected chi connectivity index (χ4v) is 4.92. The summed E-state index contributed by atoms with van der Waals surface area (Å²) in [6.07, 6.45) is 4.25. The van der Waals surface area contributed by atoms with Crippen LogP contribution in [0.3, 0.4) is 0 Å². The summed E-state index contributed by atoms with van der Waals surface area (Å²) < 4.78 is 7.30. The highest BCUT2D eigenvalue weighted by Gasteiger charge is 2.33. The van der Waals surface area contributed by atoms with E-state index in [-0.39, 0.29) is 11.9 Å². The Bertz CT molecular complexity index is 840. The van der Waals surface area contributed by atoms with Crippen LogP contribution in [0.4, 0.5) is 5.00 Å². The smallest absolute Gasteiger partial charge is 0.341 e. The fraction of sp³-hybridized carbons (Fsp3) is 0.500. The lowest BCUT2D eigenvalue weighted by atomic mass is 10.1. The summed E-state index contributed by atoms with van der Waals surface area (Å²) in [4.78, 5) is 27.3. The molecule has 3 heterocycles. The number of ether oxygens (including phenoxy) is 1. The lowest BCUT2D eigenvalue weighted by Gasteiger charge is -2.21. The number of anilines is 1. The average molecular weight is 391 g/mol. The standard InChI is InChI=1S/C20H27N3O3S/c1-5-26-20(25)18-13(2)14(3)27-19(18)21-17(24)12-23-11-7-9-16(23)15-8-6-10-22(15)4/h6,8,10,16H,5,7,9,11-12H2,1-4H3,(H,21,24)/p+1/t16-/m1/s1. The number of hydrogen-bond donors (Lipinski definition) is 2. The number of carbonyl (C=O) groups excluding carboxylic acids is 2. The van der Waals surface area contributed by atoms with Crippen LogP contribution in [0, 0.1) is 13.8 Å². The Morgan fingerprint density at radius 1 is 1.41 bits per heavy atom. The SMILES string of the molecule is CCOC(=O)c1c(NC(=O)C[NH+]2CCC[C@@H]2c2cccn2C)sc(C)c1C. The van der Waals surface area contributed by atoms with Gasteiger partial charge in [-0.15, -0.1) is 11.3 Å². The maximum absolute atomic E-state index is 12.7. The highest BCUT2D eigenvalue weighted by atomic mass is 32.1. The van der Waals surface area contributed by atoms with E-state index in [2.05, 4.69) is 16.0 Å². The van der Waals surface area contributed by atoms with Crippen molar-refractivity contribution in [1.82, 2.24) is 4.57 Å². The van der Waals surface area contributed by atoms with Gasteiger partial charge in [-0.1, -0.05) is 0 Å². The third-order valence-electron chi connectivity index (χ3n) is 5.33. The first-order chi connectivity index (χ1) is 12.9. The van der Waals surface area contributed by atoms with E-state index in [9.17, 15) is 9.59 Å². The molecule has 1 saturated heterocycles. The molecule has 7 heteroatoms. The summed E-state index contributed by atoms with van der Waals surface area (Å²) >= 11 is 1.44. The number of quaternary nitrogens is 1. The van der Waals surface area contributed by atoms with Gasteiger partial charge in [-0.25, -0.2) is 4.79 Å². The lowest BCUT2D eigenvalue weighted by molar-refractivity contribution is -0.910. The maximum Gasteiger partial charge on any atom is 0.341 e. The van der Waals surface area contributed by atoms with Crippen molar-refractivity contribution in [3.05, 3.63) is 40.0 Å². The van der Waals surface area contributed by atoms with E-state index in [1.807, 2.05) is 33.2 Å². The molecule has 1 unspecified atom stereocenters. The van der Waals surface area contributed by atoms with E-state index in [0.29, 0.717) is 29.8 Å². The van der Waals surface area contributed by atoms with Gasteiger partial charge in [-0.2, -0.15) is 0 Å². The molecule has 0 aliphatic carbocycles. The molecule has 1 amide bonds. The summed E-state index contributed by atoms with van der Waals surface area (Å²) in [5.41, 5.74) is 2.64. The molecule has 0 radical (unpaired) electrons. The number of likely N-dealkylation sites (tertiary alicyclic amines) is 1. The second-order valence-corrected chi connectivity index (χ2v) is 8.30. The first kappa shape index (κ1) is 19.6. The minimum Gasteiger partial charge on any atom is -0.462 e. The van der Waals surface area contributed by atoms with Crippen molar-refractivity contribution in [3.8, 4) is 0 Å². The Morgan fingerprint density at radius 2 is 2.19 bits per heavy atom. The topological polar surface area (TPSA) is 64.8 Å². The predicted molar refractivity (Wildman–Crippen MR) is 106 cm³/mol. The Labute approximate surface area is 164 Å². The van der Waals surface area contributed by atoms with Crippen molar-refractivity contribution in [2.45, 2.75) is 39.7 Å². The van der Waals surface area contributed by atoms with Crippen LogP contribution >= 0.6 is 11.3 Å². The van der Waals surface area contributed by atoms with Gasteiger partial charge in [0.2, 0.25) is 0 Å². The second kappa shape index (κ2) is 8.27. The first-order valence-corrected chi connectivity index (χ1v) is 10.3. The van der Waals surface area contributed by atoms with Crippen LogP contribution in [0.1, 0.15) is 52.3 Å². The van der Waals surface area contributed by atoms with Crippen LogP contribution in [-0.2, 0) is 16.6 Å². The summed E-state index contributed by atoms with van der Waals surface area (Å²) in [5, 5.41) is 3.57. The molecule has 0 aromatic carbocycles. The number of nitrogens with one attached hydrogen (secondary N) is 2. The van der Waals surface area contributed by atoms with E-state index in [4.69, 9.17) is 4.74 Å². The van der Waals surface area contributed by atoms with Crippen LogP contribution in [0.5, 0.6) is 0 Å². The molecule has 1 aliphatic heterocycles. The molecule has 2 atom stereocenters. The van der Waals surface area contributed by atoms with E-state index in [1.165, 1.54) is 21.9 Å². The molecule has 2 aromatic rings. The number of carbonyl (C=O) groups is 2. The number of amides is 1. The molecule has 0 saturated carbocycles. The molecule has 27 heavy (non-hydrogen) atoms. The zero-order chi connectivity index (χ0) is 19.6. The average Bonchev–Trinajstić information content (AvgIpc) is 3.29. The van der Waals surface area contributed by atoms with Crippen LogP contribution in [0.25, 0.3) is 0 Å². The number of rotatable bonds is 6. The van der Waals surface area contributed by atoms with Crippen molar-refractivity contribution in [3.63, 3.8) is 0 Å². The molecule has 0 bridgehead atoms. The zero-order valence-corrected chi connectivity index (χ0v) is 17.2. The first-order valence-electron chi connectivity index (χ1n) is 9.45. The monoisotopic (exact) mass is 390 g/mol. The molecule has 0 spiro atoms. The third kappa shape index (κ3) is 4.09. The summed E-state index contributed by atoms with van der Waals surface area (Å²) in [7, 11) is 2.05. The van der Waals surface area contributed by atoms with E-state index < -0.39 is 0 Å². The number of esters is 1. The number of hydrogen-bond acceptors (Lipinski definition) is 4. The van der Waals surface area contributed by atoms with Crippen molar-refractivity contribution < 1.29 is 19.2 Å². The zero-order valence-electron chi connectivity index (χ0n) is 16.4. The van der Waals surface area contributed by atoms with Gasteiger partial charge in [0.25, 0.3) is 5.91 Å². The summed E-state index contributed by atoms with van der Waals surface area (Å²) in [6.45, 7) is 7.33. The van der Waals surface area contributed by atoms with Crippen LogP contribution in [-0.4, -0.2) is 36.1 Å². The molecule has 3 rings (SSSR count). The van der Waals surface area contributed by atoms with Gasteiger partial charge in [0.05, 0.1) is 24.4 Å². The Hall–Kier alpha value is -2.12. The highest BCUT2D eigenvalue weighted by Crippen LogP contribution is 2.33.